The Morgan fingerprint density at radius 3 is 2.69 bits per heavy atom. The lowest BCUT2D eigenvalue weighted by Crippen LogP contribution is -2.22. The number of benzene rings is 2. The molecule has 0 fully saturated rings. The molecule has 0 spiro atoms. The van der Waals surface area contributed by atoms with Gasteiger partial charge in [0.1, 0.15) is 9.88 Å². The summed E-state index contributed by atoms with van der Waals surface area (Å²) in [4.78, 5) is 17.0. The molecule has 3 rings (SSSR count). The Bertz CT molecular complexity index is 1060. The normalized spacial score (nSPS) is 11.3. The Balaban J connectivity index is 1.71. The summed E-state index contributed by atoms with van der Waals surface area (Å²) in [5.41, 5.74) is 1.39. The Labute approximate surface area is 159 Å². The van der Waals surface area contributed by atoms with Gasteiger partial charge < -0.3 is 5.32 Å². The summed E-state index contributed by atoms with van der Waals surface area (Å²) in [7, 11) is -3.78. The third-order valence-electron chi connectivity index (χ3n) is 3.51. The average molecular weight is 408 g/mol. The van der Waals surface area contributed by atoms with Crippen molar-refractivity contribution in [2.75, 3.05) is 0 Å². The predicted molar refractivity (Wildman–Crippen MR) is 102 cm³/mol. The second-order valence-corrected chi connectivity index (χ2v) is 8.38. The minimum atomic E-state index is -3.78. The summed E-state index contributed by atoms with van der Waals surface area (Å²) in [6, 6.07) is 13.4. The molecule has 26 heavy (non-hydrogen) atoms. The van der Waals surface area contributed by atoms with Crippen molar-refractivity contribution in [3.05, 3.63) is 70.2 Å². The highest BCUT2D eigenvalue weighted by atomic mass is 35.5. The smallest absolute Gasteiger partial charge is 0.263 e. The molecule has 0 bridgehead atoms. The summed E-state index contributed by atoms with van der Waals surface area (Å²) in [6.45, 7) is 0.168. The van der Waals surface area contributed by atoms with Gasteiger partial charge in [-0.2, -0.15) is 0 Å². The molecule has 0 saturated heterocycles. The maximum atomic E-state index is 12.3. The van der Waals surface area contributed by atoms with E-state index in [4.69, 9.17) is 16.7 Å². The van der Waals surface area contributed by atoms with E-state index in [1.807, 2.05) is 18.2 Å². The summed E-state index contributed by atoms with van der Waals surface area (Å²) in [5.74, 6) is -0.304. The van der Waals surface area contributed by atoms with E-state index in [9.17, 15) is 13.2 Å². The van der Waals surface area contributed by atoms with E-state index in [0.29, 0.717) is 20.5 Å². The van der Waals surface area contributed by atoms with Crippen LogP contribution < -0.4 is 10.5 Å². The Morgan fingerprint density at radius 2 is 1.96 bits per heavy atom. The second kappa shape index (κ2) is 7.55. The van der Waals surface area contributed by atoms with Crippen molar-refractivity contribution < 1.29 is 13.2 Å². The Morgan fingerprint density at radius 1 is 1.19 bits per heavy atom. The predicted octanol–water partition coefficient (Wildman–Crippen LogP) is 3.04. The molecule has 9 heteroatoms. The lowest BCUT2D eigenvalue weighted by molar-refractivity contribution is 0.0954. The molecule has 0 aliphatic heterocycles. The number of hydrogen-bond acceptors (Lipinski definition) is 5. The molecule has 0 saturated carbocycles. The van der Waals surface area contributed by atoms with Gasteiger partial charge >= 0.3 is 0 Å². The Kier molecular flexibility index (Phi) is 5.38. The molecular weight excluding hydrogens is 394 g/mol. The minimum Gasteiger partial charge on any atom is -0.347 e. The summed E-state index contributed by atoms with van der Waals surface area (Å²) < 4.78 is 22.8. The molecule has 0 aliphatic rings. The van der Waals surface area contributed by atoms with Crippen molar-refractivity contribution in [2.45, 2.75) is 11.4 Å². The van der Waals surface area contributed by atoms with Crippen molar-refractivity contribution >= 4 is 38.9 Å². The minimum absolute atomic E-state index is 0.00282. The number of nitrogens with one attached hydrogen (secondary N) is 1. The van der Waals surface area contributed by atoms with Crippen LogP contribution in [0, 0.1) is 0 Å². The number of carbonyl (C=O) groups excluding carboxylic acids is 1. The van der Waals surface area contributed by atoms with Gasteiger partial charge in [0.05, 0.1) is 16.1 Å². The second-order valence-electron chi connectivity index (χ2n) is 5.38. The topological polar surface area (TPSA) is 102 Å². The van der Waals surface area contributed by atoms with E-state index in [0.717, 1.165) is 5.56 Å². The number of rotatable bonds is 5. The van der Waals surface area contributed by atoms with Crippen molar-refractivity contribution in [3.63, 3.8) is 0 Å². The molecule has 0 radical (unpaired) electrons. The number of nitrogens with two attached hydrogens (primary N) is 1. The fraction of sp³-hybridized carbons (Fsp3) is 0.0588. The third kappa shape index (κ3) is 4.28. The van der Waals surface area contributed by atoms with E-state index in [1.165, 1.54) is 29.7 Å². The molecule has 3 N–H and O–H groups in total. The number of sulfonamides is 1. The maximum Gasteiger partial charge on any atom is 0.263 e. The summed E-state index contributed by atoms with van der Waals surface area (Å²) in [6.07, 6.45) is 1.49. The van der Waals surface area contributed by atoms with Gasteiger partial charge in [0.2, 0.25) is 10.0 Å². The molecule has 0 atom stereocenters. The average Bonchev–Trinajstić information content (AvgIpc) is 3.09. The van der Waals surface area contributed by atoms with Gasteiger partial charge in [-0.1, -0.05) is 41.9 Å². The van der Waals surface area contributed by atoms with Crippen LogP contribution in [-0.2, 0) is 16.6 Å². The quantitative estimate of drug-likeness (QED) is 0.678. The fourth-order valence-electron chi connectivity index (χ4n) is 2.24. The van der Waals surface area contributed by atoms with Gasteiger partial charge in [-0.25, -0.2) is 18.5 Å². The maximum absolute atomic E-state index is 12.3. The van der Waals surface area contributed by atoms with Crippen LogP contribution in [0.25, 0.3) is 10.6 Å². The third-order valence-corrected chi connectivity index (χ3v) is 5.78. The van der Waals surface area contributed by atoms with Crippen LogP contribution in [0.4, 0.5) is 0 Å². The number of hydrogen-bond donors (Lipinski definition) is 2. The number of amides is 1. The first-order chi connectivity index (χ1) is 12.3. The number of halogens is 1. The van der Waals surface area contributed by atoms with Crippen LogP contribution in [0.15, 0.2) is 59.6 Å². The van der Waals surface area contributed by atoms with Crippen molar-refractivity contribution in [1.82, 2.24) is 10.3 Å². The monoisotopic (exact) mass is 407 g/mol. The molecule has 1 amide bonds. The molecule has 6 nitrogen and oxygen atoms in total. The molecule has 0 unspecified atom stereocenters. The zero-order chi connectivity index (χ0) is 18.7. The SMILES string of the molecule is NS(=O)(=O)c1cccc(CNC(=O)c2cnc(-c3ccccc3Cl)s2)c1. The van der Waals surface area contributed by atoms with Gasteiger partial charge in [0.15, 0.2) is 0 Å². The first-order valence-electron chi connectivity index (χ1n) is 7.45. The number of aromatic nitrogens is 1. The van der Waals surface area contributed by atoms with Gasteiger partial charge in [0, 0.05) is 12.1 Å². The molecular formula is C17H14ClN3O3S2. The highest BCUT2D eigenvalue weighted by Gasteiger charge is 2.14. The molecule has 1 heterocycles. The summed E-state index contributed by atoms with van der Waals surface area (Å²) >= 11 is 7.37. The zero-order valence-electron chi connectivity index (χ0n) is 13.3. The van der Waals surface area contributed by atoms with Gasteiger partial charge in [-0.15, -0.1) is 11.3 Å². The van der Waals surface area contributed by atoms with Crippen LogP contribution in [0.1, 0.15) is 15.2 Å². The van der Waals surface area contributed by atoms with Gasteiger partial charge in [-0.3, -0.25) is 4.79 Å². The number of thiazole rings is 1. The zero-order valence-corrected chi connectivity index (χ0v) is 15.7. The van der Waals surface area contributed by atoms with E-state index in [1.54, 1.807) is 18.2 Å². The van der Waals surface area contributed by atoms with Crippen LogP contribution in [-0.4, -0.2) is 19.3 Å². The van der Waals surface area contributed by atoms with Gasteiger partial charge in [-0.05, 0) is 23.8 Å². The van der Waals surface area contributed by atoms with Gasteiger partial charge in [0.25, 0.3) is 5.91 Å². The largest absolute Gasteiger partial charge is 0.347 e. The van der Waals surface area contributed by atoms with E-state index >= 15 is 0 Å². The molecule has 1 aromatic heterocycles. The molecule has 134 valence electrons. The lowest BCUT2D eigenvalue weighted by atomic mass is 10.2. The number of carbonyl (C=O) groups is 1. The van der Waals surface area contributed by atoms with Crippen LogP contribution >= 0.6 is 22.9 Å². The van der Waals surface area contributed by atoms with Crippen LogP contribution in [0.3, 0.4) is 0 Å². The lowest BCUT2D eigenvalue weighted by Gasteiger charge is -2.05. The van der Waals surface area contributed by atoms with E-state index < -0.39 is 10.0 Å². The first kappa shape index (κ1) is 18.5. The fourth-order valence-corrected chi connectivity index (χ4v) is 3.98. The van der Waals surface area contributed by atoms with Crippen LogP contribution in [0.5, 0.6) is 0 Å². The van der Waals surface area contributed by atoms with E-state index in [-0.39, 0.29) is 17.3 Å². The van der Waals surface area contributed by atoms with Crippen molar-refractivity contribution in [1.29, 1.82) is 0 Å². The number of primary sulfonamides is 1. The first-order valence-corrected chi connectivity index (χ1v) is 10.2. The Hall–Kier alpha value is -2.26. The molecule has 3 aromatic rings. The summed E-state index contributed by atoms with van der Waals surface area (Å²) in [5, 5.41) is 9.06. The van der Waals surface area contributed by atoms with E-state index in [2.05, 4.69) is 10.3 Å². The number of nitrogens with zero attached hydrogens (tertiary/aromatic N) is 1. The highest BCUT2D eigenvalue weighted by Crippen LogP contribution is 2.30. The highest BCUT2D eigenvalue weighted by molar-refractivity contribution is 7.89. The standard InChI is InChI=1S/C17H14ClN3O3S2/c18-14-7-2-1-6-13(14)17-21-10-15(25-17)16(22)20-9-11-4-3-5-12(8-11)26(19,23)24/h1-8,10H,9H2,(H,20,22)(H2,19,23,24). The molecule has 2 aromatic carbocycles. The molecule has 0 aliphatic carbocycles. The van der Waals surface area contributed by atoms with Crippen molar-refractivity contribution in [2.24, 2.45) is 5.14 Å². The van der Waals surface area contributed by atoms with Crippen LogP contribution in [0.2, 0.25) is 5.02 Å². The van der Waals surface area contributed by atoms with Crippen molar-refractivity contribution in [3.8, 4) is 10.6 Å².